The largest absolute Gasteiger partial charge is 0.391 e. The number of rotatable bonds is 3. The number of hydrogen-bond acceptors (Lipinski definition) is 4. The van der Waals surface area contributed by atoms with E-state index in [-0.39, 0.29) is 42.7 Å². The van der Waals surface area contributed by atoms with E-state index in [0.29, 0.717) is 18.7 Å². The number of β-amino-alcohol motifs (C(OH)–C–C–N with tert-alkyl or cyclic N) is 1. The van der Waals surface area contributed by atoms with Crippen molar-refractivity contribution in [2.45, 2.75) is 6.10 Å². The Morgan fingerprint density at radius 3 is 2.95 bits per heavy atom. The van der Waals surface area contributed by atoms with Crippen LogP contribution in [-0.2, 0) is 0 Å². The Bertz CT molecular complexity index is 605. The maximum absolute atomic E-state index is 12.0. The van der Waals surface area contributed by atoms with Crippen LogP contribution in [0.3, 0.4) is 0 Å². The Kier molecular flexibility index (Phi) is 6.42. The molecule has 0 aromatic carbocycles. The third-order valence-electron chi connectivity index (χ3n) is 3.48. The van der Waals surface area contributed by atoms with Crippen LogP contribution in [0.15, 0.2) is 30.7 Å². The van der Waals surface area contributed by atoms with E-state index < -0.39 is 0 Å². The molecule has 1 aliphatic heterocycles. The quantitative estimate of drug-likeness (QED) is 0.764. The Labute approximate surface area is 134 Å². The lowest BCUT2D eigenvalue weighted by atomic mass is 10.1. The monoisotopic (exact) mass is 332 g/mol. The van der Waals surface area contributed by atoms with Gasteiger partial charge in [-0.3, -0.25) is 4.79 Å². The number of nitrogens with one attached hydrogen (secondary N) is 2. The molecule has 0 spiro atoms. The first-order chi connectivity index (χ1) is 9.24. The van der Waals surface area contributed by atoms with Crippen LogP contribution in [0.25, 0.3) is 5.65 Å². The van der Waals surface area contributed by atoms with Crippen LogP contribution >= 0.6 is 24.8 Å². The Balaban J connectivity index is 0.00000110. The average Bonchev–Trinajstić information content (AvgIpc) is 3.03. The summed E-state index contributed by atoms with van der Waals surface area (Å²) < 4.78 is 1.81. The number of aliphatic hydroxyl groups excluding tert-OH is 1. The van der Waals surface area contributed by atoms with Crippen molar-refractivity contribution in [3.63, 3.8) is 0 Å². The number of pyridine rings is 1. The van der Waals surface area contributed by atoms with E-state index in [1.165, 1.54) is 0 Å². The van der Waals surface area contributed by atoms with Crippen LogP contribution in [0.5, 0.6) is 0 Å². The van der Waals surface area contributed by atoms with Crippen LogP contribution in [0.4, 0.5) is 0 Å². The van der Waals surface area contributed by atoms with Gasteiger partial charge in [-0.1, -0.05) is 0 Å². The molecule has 2 aromatic heterocycles. The molecule has 116 valence electrons. The van der Waals surface area contributed by atoms with Crippen molar-refractivity contribution in [3.8, 4) is 0 Å². The van der Waals surface area contributed by atoms with E-state index in [1.54, 1.807) is 35.1 Å². The Hall–Kier alpha value is -1.34. The molecule has 2 unspecified atom stereocenters. The summed E-state index contributed by atoms with van der Waals surface area (Å²) in [5, 5.41) is 15.6. The van der Waals surface area contributed by atoms with E-state index in [1.807, 2.05) is 0 Å². The summed E-state index contributed by atoms with van der Waals surface area (Å²) in [7, 11) is 0. The molecule has 8 heteroatoms. The number of nitrogens with zero attached hydrogens (tertiary/aromatic N) is 2. The minimum atomic E-state index is -0.378. The highest BCUT2D eigenvalue weighted by Crippen LogP contribution is 2.08. The first kappa shape index (κ1) is 17.7. The predicted molar refractivity (Wildman–Crippen MR) is 84.4 cm³/mol. The van der Waals surface area contributed by atoms with Crippen molar-refractivity contribution in [1.29, 1.82) is 0 Å². The summed E-state index contributed by atoms with van der Waals surface area (Å²) in [6.07, 6.45) is 4.87. The van der Waals surface area contributed by atoms with Crippen molar-refractivity contribution in [2.75, 3.05) is 19.6 Å². The van der Waals surface area contributed by atoms with E-state index >= 15 is 0 Å². The van der Waals surface area contributed by atoms with Gasteiger partial charge in [-0.25, -0.2) is 4.98 Å². The van der Waals surface area contributed by atoms with Gasteiger partial charge in [0, 0.05) is 44.1 Å². The van der Waals surface area contributed by atoms with Gasteiger partial charge in [0.05, 0.1) is 11.7 Å². The molecule has 2 aromatic rings. The highest BCUT2D eigenvalue weighted by atomic mass is 35.5. The number of halogens is 2. The zero-order chi connectivity index (χ0) is 13.2. The summed E-state index contributed by atoms with van der Waals surface area (Å²) in [6.45, 7) is 1.82. The van der Waals surface area contributed by atoms with Gasteiger partial charge in [-0.15, -0.1) is 24.8 Å². The zero-order valence-corrected chi connectivity index (χ0v) is 12.9. The third-order valence-corrected chi connectivity index (χ3v) is 3.48. The number of hydrogen-bond donors (Lipinski definition) is 3. The maximum atomic E-state index is 12.0. The van der Waals surface area contributed by atoms with E-state index in [9.17, 15) is 9.90 Å². The van der Waals surface area contributed by atoms with Crippen molar-refractivity contribution >= 4 is 36.4 Å². The molecule has 1 amide bonds. The second kappa shape index (κ2) is 7.61. The molecule has 3 rings (SSSR count). The molecule has 0 aliphatic carbocycles. The van der Waals surface area contributed by atoms with Gasteiger partial charge in [0.1, 0.15) is 5.65 Å². The number of fused-ring (bicyclic) bond motifs is 1. The van der Waals surface area contributed by atoms with Crippen LogP contribution in [0.1, 0.15) is 10.4 Å². The van der Waals surface area contributed by atoms with Crippen molar-refractivity contribution in [3.05, 3.63) is 36.3 Å². The molecular formula is C13H18Cl2N4O2. The lowest BCUT2D eigenvalue weighted by Gasteiger charge is -2.14. The molecule has 1 saturated heterocycles. The summed E-state index contributed by atoms with van der Waals surface area (Å²) in [5.74, 6) is -0.0457. The summed E-state index contributed by atoms with van der Waals surface area (Å²) in [4.78, 5) is 16.2. The van der Waals surface area contributed by atoms with Gasteiger partial charge in [-0.2, -0.15) is 0 Å². The molecule has 0 saturated carbocycles. The number of aliphatic hydroxyl groups is 1. The first-order valence-corrected chi connectivity index (χ1v) is 6.34. The van der Waals surface area contributed by atoms with Crippen LogP contribution < -0.4 is 10.6 Å². The fraction of sp³-hybridized carbons (Fsp3) is 0.385. The lowest BCUT2D eigenvalue weighted by Crippen LogP contribution is -2.34. The van der Waals surface area contributed by atoms with Crippen molar-refractivity contribution < 1.29 is 9.90 Å². The van der Waals surface area contributed by atoms with E-state index in [2.05, 4.69) is 15.6 Å². The van der Waals surface area contributed by atoms with Crippen LogP contribution in [-0.4, -0.2) is 46.1 Å². The van der Waals surface area contributed by atoms with Gasteiger partial charge in [0.25, 0.3) is 5.91 Å². The Morgan fingerprint density at radius 2 is 2.24 bits per heavy atom. The molecule has 1 fully saturated rings. The highest BCUT2D eigenvalue weighted by Gasteiger charge is 2.25. The van der Waals surface area contributed by atoms with Gasteiger partial charge in [0.15, 0.2) is 0 Å². The topological polar surface area (TPSA) is 78.7 Å². The predicted octanol–water partition coefficient (Wildman–Crippen LogP) is 0.488. The second-order valence-corrected chi connectivity index (χ2v) is 4.81. The van der Waals surface area contributed by atoms with Crippen LogP contribution in [0, 0.1) is 5.92 Å². The van der Waals surface area contributed by atoms with Crippen LogP contribution in [0.2, 0.25) is 0 Å². The average molecular weight is 333 g/mol. The molecular weight excluding hydrogens is 315 g/mol. The fourth-order valence-corrected chi connectivity index (χ4v) is 2.31. The molecule has 21 heavy (non-hydrogen) atoms. The Morgan fingerprint density at radius 1 is 1.43 bits per heavy atom. The molecule has 1 aliphatic rings. The minimum absolute atomic E-state index is 0. The van der Waals surface area contributed by atoms with Gasteiger partial charge < -0.3 is 20.1 Å². The van der Waals surface area contributed by atoms with Gasteiger partial charge >= 0.3 is 0 Å². The maximum Gasteiger partial charge on any atom is 0.252 e. The smallest absolute Gasteiger partial charge is 0.252 e. The zero-order valence-electron chi connectivity index (χ0n) is 11.2. The molecule has 2 atom stereocenters. The van der Waals surface area contributed by atoms with E-state index in [4.69, 9.17) is 0 Å². The summed E-state index contributed by atoms with van der Waals surface area (Å²) >= 11 is 0. The second-order valence-electron chi connectivity index (χ2n) is 4.81. The molecule has 3 heterocycles. The summed E-state index contributed by atoms with van der Waals surface area (Å²) in [6, 6.07) is 3.56. The lowest BCUT2D eigenvalue weighted by molar-refractivity contribution is 0.0926. The standard InChI is InChI=1S/C13H16N4O2.2ClH/c18-11-7-14-5-10(11)6-16-13(19)9-1-2-12-15-3-4-17(12)8-9;;/h1-4,8,10-11,14,18H,5-7H2,(H,16,19);2*1H. The normalized spacial score (nSPS) is 20.6. The molecule has 0 bridgehead atoms. The minimum Gasteiger partial charge on any atom is -0.391 e. The highest BCUT2D eigenvalue weighted by molar-refractivity contribution is 5.94. The SMILES string of the molecule is Cl.Cl.O=C(NCC1CNCC1O)c1ccc2nccn2c1. The summed E-state index contributed by atoms with van der Waals surface area (Å²) in [5.41, 5.74) is 1.40. The van der Waals surface area contributed by atoms with Crippen molar-refractivity contribution in [1.82, 2.24) is 20.0 Å². The molecule has 0 radical (unpaired) electrons. The fourth-order valence-electron chi connectivity index (χ4n) is 2.31. The number of amides is 1. The third kappa shape index (κ3) is 3.85. The molecule has 6 nitrogen and oxygen atoms in total. The number of carbonyl (C=O) groups excluding carboxylic acids is 1. The number of aromatic nitrogens is 2. The van der Waals surface area contributed by atoms with E-state index in [0.717, 1.165) is 12.2 Å². The number of imidazole rings is 1. The van der Waals surface area contributed by atoms with Gasteiger partial charge in [-0.05, 0) is 12.1 Å². The van der Waals surface area contributed by atoms with Gasteiger partial charge in [0.2, 0.25) is 0 Å². The first-order valence-electron chi connectivity index (χ1n) is 6.34. The molecule has 3 N–H and O–H groups in total. The number of carbonyl (C=O) groups is 1. The van der Waals surface area contributed by atoms with Crippen molar-refractivity contribution in [2.24, 2.45) is 5.92 Å².